The van der Waals surface area contributed by atoms with Crippen molar-refractivity contribution in [2.24, 2.45) is 0 Å². The number of nitrogens with zero attached hydrogens (tertiary/aromatic N) is 6. The molecule has 8 aromatic rings. The van der Waals surface area contributed by atoms with Crippen molar-refractivity contribution in [2.45, 2.75) is 0 Å². The third kappa shape index (κ3) is 5.26. The van der Waals surface area contributed by atoms with Crippen LogP contribution in [0.4, 0.5) is 0 Å². The molecule has 0 atom stereocenters. The van der Waals surface area contributed by atoms with Crippen molar-refractivity contribution < 1.29 is 0 Å². The van der Waals surface area contributed by atoms with Crippen molar-refractivity contribution in [2.75, 3.05) is 0 Å². The number of rotatable bonds is 6. The van der Waals surface area contributed by atoms with Crippen LogP contribution in [0.2, 0.25) is 0 Å². The molecule has 0 radical (unpaired) electrons. The fourth-order valence-corrected chi connectivity index (χ4v) is 5.43. The van der Waals surface area contributed by atoms with Crippen molar-refractivity contribution in [3.63, 3.8) is 0 Å². The van der Waals surface area contributed by atoms with E-state index in [2.05, 4.69) is 30.3 Å². The summed E-state index contributed by atoms with van der Waals surface area (Å²) in [5.74, 6) is 2.52. The second kappa shape index (κ2) is 11.4. The SMILES string of the molecule is c1ccc(-c2cc(-c3ccccc3)c3nc(-c4ccc(-c5nc(-c6ccccc6)nc(-c6ccccc6)n5)cc4)nn3c2)cc1. The van der Waals surface area contributed by atoms with Crippen molar-refractivity contribution in [1.82, 2.24) is 29.5 Å². The van der Waals surface area contributed by atoms with Gasteiger partial charge in [-0.1, -0.05) is 146 Å². The number of benzene rings is 5. The van der Waals surface area contributed by atoms with Crippen LogP contribution in [0.25, 0.3) is 73.5 Å². The van der Waals surface area contributed by atoms with Crippen molar-refractivity contribution in [3.8, 4) is 67.8 Å². The van der Waals surface area contributed by atoms with Crippen LogP contribution >= 0.6 is 0 Å². The first-order valence-electron chi connectivity index (χ1n) is 14.8. The molecule has 0 aliphatic carbocycles. The molecule has 0 fully saturated rings. The molecule has 3 heterocycles. The third-order valence-electron chi connectivity index (χ3n) is 7.73. The Labute approximate surface area is 260 Å². The smallest absolute Gasteiger partial charge is 0.182 e. The fraction of sp³-hybridized carbons (Fsp3) is 0. The van der Waals surface area contributed by atoms with E-state index in [-0.39, 0.29) is 0 Å². The molecule has 0 bridgehead atoms. The first-order valence-corrected chi connectivity index (χ1v) is 14.8. The minimum absolute atomic E-state index is 0.607. The van der Waals surface area contributed by atoms with E-state index >= 15 is 0 Å². The van der Waals surface area contributed by atoms with Crippen LogP contribution < -0.4 is 0 Å². The highest BCUT2D eigenvalue weighted by molar-refractivity contribution is 5.83. The molecule has 8 rings (SSSR count). The number of aromatic nitrogens is 6. The summed E-state index contributed by atoms with van der Waals surface area (Å²) in [5, 5.41) is 4.93. The summed E-state index contributed by atoms with van der Waals surface area (Å²) in [6.45, 7) is 0. The topological polar surface area (TPSA) is 68.9 Å². The minimum atomic E-state index is 0.607. The maximum Gasteiger partial charge on any atom is 0.182 e. The van der Waals surface area contributed by atoms with Gasteiger partial charge in [0.15, 0.2) is 28.9 Å². The van der Waals surface area contributed by atoms with Gasteiger partial charge in [0.1, 0.15) is 0 Å². The Balaban J connectivity index is 1.20. The van der Waals surface area contributed by atoms with Gasteiger partial charge in [-0.05, 0) is 17.2 Å². The number of hydrogen-bond donors (Lipinski definition) is 0. The molecule has 45 heavy (non-hydrogen) atoms. The third-order valence-corrected chi connectivity index (χ3v) is 7.73. The van der Waals surface area contributed by atoms with E-state index < -0.39 is 0 Å². The van der Waals surface area contributed by atoms with Gasteiger partial charge in [-0.25, -0.2) is 24.5 Å². The first-order chi connectivity index (χ1) is 22.3. The van der Waals surface area contributed by atoms with E-state index in [1.165, 1.54) is 0 Å². The lowest BCUT2D eigenvalue weighted by atomic mass is 10.0. The average molecular weight is 579 g/mol. The summed E-state index contributed by atoms with van der Waals surface area (Å²) in [6, 6.07) is 51.0. The highest BCUT2D eigenvalue weighted by Crippen LogP contribution is 2.32. The van der Waals surface area contributed by atoms with Gasteiger partial charge in [0.2, 0.25) is 0 Å². The van der Waals surface area contributed by atoms with Crippen LogP contribution in [0.5, 0.6) is 0 Å². The number of fused-ring (bicyclic) bond motifs is 1. The van der Waals surface area contributed by atoms with Crippen LogP contribution in [0, 0.1) is 0 Å². The lowest BCUT2D eigenvalue weighted by molar-refractivity contribution is 0.968. The zero-order valence-corrected chi connectivity index (χ0v) is 24.2. The van der Waals surface area contributed by atoms with Gasteiger partial charge in [0.25, 0.3) is 0 Å². The molecule has 0 N–H and O–H groups in total. The van der Waals surface area contributed by atoms with E-state index in [0.717, 1.165) is 50.2 Å². The van der Waals surface area contributed by atoms with E-state index in [1.54, 1.807) is 0 Å². The number of hydrogen-bond acceptors (Lipinski definition) is 5. The maximum atomic E-state index is 5.01. The Hall–Kier alpha value is -6.27. The molecule has 0 saturated heterocycles. The molecular weight excluding hydrogens is 552 g/mol. The highest BCUT2D eigenvalue weighted by atomic mass is 15.3. The lowest BCUT2D eigenvalue weighted by Gasteiger charge is -2.08. The molecule has 6 nitrogen and oxygen atoms in total. The van der Waals surface area contributed by atoms with Gasteiger partial charge in [-0.15, -0.1) is 5.10 Å². The standard InChI is InChI=1S/C39H26N6/c1-5-13-27(14-6-1)33-25-34(28-15-7-2-8-16-28)39-43-38(44-45(39)26-33)32-23-21-31(22-24-32)37-41-35(29-17-9-3-10-18-29)40-36(42-37)30-19-11-4-12-20-30/h1-26H. The van der Waals surface area contributed by atoms with Crippen LogP contribution in [-0.2, 0) is 0 Å². The van der Waals surface area contributed by atoms with E-state index in [0.29, 0.717) is 23.3 Å². The van der Waals surface area contributed by atoms with Gasteiger partial charge >= 0.3 is 0 Å². The highest BCUT2D eigenvalue weighted by Gasteiger charge is 2.16. The molecule has 6 heteroatoms. The van der Waals surface area contributed by atoms with Crippen LogP contribution in [0.15, 0.2) is 158 Å². The summed E-state index contributed by atoms with van der Waals surface area (Å²) in [6.07, 6.45) is 2.04. The zero-order valence-electron chi connectivity index (χ0n) is 24.2. The molecule has 0 aliphatic heterocycles. The first kappa shape index (κ1) is 26.4. The van der Waals surface area contributed by atoms with Gasteiger partial charge in [0.05, 0.1) is 0 Å². The predicted molar refractivity (Wildman–Crippen MR) is 179 cm³/mol. The van der Waals surface area contributed by atoms with Gasteiger partial charge in [-0.2, -0.15) is 0 Å². The summed E-state index contributed by atoms with van der Waals surface area (Å²) in [5.41, 5.74) is 8.79. The quantitative estimate of drug-likeness (QED) is 0.197. The van der Waals surface area contributed by atoms with E-state index in [1.807, 2.05) is 132 Å². The molecule has 0 spiro atoms. The molecule has 0 saturated carbocycles. The maximum absolute atomic E-state index is 5.01. The Morgan fingerprint density at radius 1 is 0.333 bits per heavy atom. The molecule has 212 valence electrons. The molecule has 0 amide bonds. The molecular formula is C39H26N6. The van der Waals surface area contributed by atoms with Gasteiger partial charge in [-0.3, -0.25) is 0 Å². The fourth-order valence-electron chi connectivity index (χ4n) is 5.43. The van der Waals surface area contributed by atoms with Crippen LogP contribution in [0.1, 0.15) is 0 Å². The van der Waals surface area contributed by atoms with Gasteiger partial charge < -0.3 is 0 Å². The minimum Gasteiger partial charge on any atom is -0.219 e. The Morgan fingerprint density at radius 3 is 1.22 bits per heavy atom. The zero-order chi connectivity index (χ0) is 30.0. The number of pyridine rings is 1. The normalized spacial score (nSPS) is 11.1. The Morgan fingerprint density at radius 2 is 0.733 bits per heavy atom. The second-order valence-corrected chi connectivity index (χ2v) is 10.7. The van der Waals surface area contributed by atoms with Gasteiger partial charge in [0, 0.05) is 39.6 Å². The largest absolute Gasteiger partial charge is 0.219 e. The lowest BCUT2D eigenvalue weighted by Crippen LogP contribution is -2.00. The van der Waals surface area contributed by atoms with E-state index in [4.69, 9.17) is 25.0 Å². The molecule has 5 aromatic carbocycles. The molecule has 3 aromatic heterocycles. The Bertz CT molecular complexity index is 2170. The van der Waals surface area contributed by atoms with Crippen molar-refractivity contribution in [1.29, 1.82) is 0 Å². The van der Waals surface area contributed by atoms with Crippen LogP contribution in [0.3, 0.4) is 0 Å². The summed E-state index contributed by atoms with van der Waals surface area (Å²) in [4.78, 5) is 19.5. The summed E-state index contributed by atoms with van der Waals surface area (Å²) >= 11 is 0. The van der Waals surface area contributed by atoms with Crippen molar-refractivity contribution in [3.05, 3.63) is 158 Å². The molecule has 0 aliphatic rings. The average Bonchev–Trinajstić information content (AvgIpc) is 3.57. The summed E-state index contributed by atoms with van der Waals surface area (Å²) < 4.78 is 1.89. The molecule has 0 unspecified atom stereocenters. The summed E-state index contributed by atoms with van der Waals surface area (Å²) in [7, 11) is 0. The van der Waals surface area contributed by atoms with Crippen molar-refractivity contribution >= 4 is 5.65 Å². The predicted octanol–water partition coefficient (Wildman–Crippen LogP) is 8.92. The van der Waals surface area contributed by atoms with Crippen LogP contribution in [-0.4, -0.2) is 29.5 Å². The van der Waals surface area contributed by atoms with E-state index in [9.17, 15) is 0 Å². The second-order valence-electron chi connectivity index (χ2n) is 10.7. The monoisotopic (exact) mass is 578 g/mol. The Kier molecular flexibility index (Phi) is 6.70.